The molecule has 0 aliphatic rings. The number of aldehydes is 1. The molecule has 0 radical (unpaired) electrons. The third kappa shape index (κ3) is 2.58. The summed E-state index contributed by atoms with van der Waals surface area (Å²) in [7, 11) is 0. The van der Waals surface area contributed by atoms with Crippen molar-refractivity contribution < 1.29 is 9.53 Å². The summed E-state index contributed by atoms with van der Waals surface area (Å²) in [4.78, 5) is 10.4. The summed E-state index contributed by atoms with van der Waals surface area (Å²) in [5, 5.41) is 0. The van der Waals surface area contributed by atoms with Gasteiger partial charge in [-0.15, -0.1) is 11.8 Å². The fourth-order valence-corrected chi connectivity index (χ4v) is 1.06. The molecule has 0 heterocycles. The molecule has 2 nitrogen and oxygen atoms in total. The molecule has 3 heteroatoms. The summed E-state index contributed by atoms with van der Waals surface area (Å²) in [5.74, 6) is 1.36. The number of hydrogen-bond donors (Lipinski definition) is 0. The van der Waals surface area contributed by atoms with Gasteiger partial charge in [-0.2, -0.15) is 0 Å². The molecule has 0 unspecified atom stereocenters. The molecule has 0 aromatic heterocycles. The molecular formula is C9H10O2S. The normalized spacial score (nSPS) is 9.42. The highest BCUT2D eigenvalue weighted by Crippen LogP contribution is 2.12. The summed E-state index contributed by atoms with van der Waals surface area (Å²) in [6.07, 6.45) is 2.77. The van der Waals surface area contributed by atoms with Gasteiger partial charge in [0.15, 0.2) is 0 Å². The van der Waals surface area contributed by atoms with E-state index in [4.69, 9.17) is 4.74 Å². The van der Waals surface area contributed by atoms with Gasteiger partial charge in [-0.05, 0) is 18.4 Å². The zero-order valence-corrected chi connectivity index (χ0v) is 7.64. The second kappa shape index (κ2) is 4.83. The van der Waals surface area contributed by atoms with Crippen molar-refractivity contribution in [2.45, 2.75) is 0 Å². The Morgan fingerprint density at radius 2 is 2.42 bits per heavy atom. The van der Waals surface area contributed by atoms with Gasteiger partial charge in [0, 0.05) is 5.56 Å². The maximum absolute atomic E-state index is 10.4. The lowest BCUT2D eigenvalue weighted by atomic mass is 10.2. The smallest absolute Gasteiger partial charge is 0.150 e. The zero-order chi connectivity index (χ0) is 8.81. The standard InChI is InChI=1S/C9H10O2S/c1-12-7-11-9-4-2-3-8(5-9)6-10/h2-6H,7H2,1H3. The summed E-state index contributed by atoms with van der Waals surface area (Å²) in [6, 6.07) is 7.12. The number of rotatable bonds is 4. The Kier molecular flexibility index (Phi) is 3.67. The summed E-state index contributed by atoms with van der Waals surface area (Å²) in [6.45, 7) is 0. The lowest BCUT2D eigenvalue weighted by Gasteiger charge is -2.03. The number of hydrogen-bond acceptors (Lipinski definition) is 3. The molecule has 0 saturated carbocycles. The molecule has 1 aromatic carbocycles. The van der Waals surface area contributed by atoms with E-state index in [9.17, 15) is 4.79 Å². The predicted molar refractivity (Wildman–Crippen MR) is 50.8 cm³/mol. The largest absolute Gasteiger partial charge is 0.483 e. The first-order chi connectivity index (χ1) is 5.86. The quantitative estimate of drug-likeness (QED) is 0.527. The van der Waals surface area contributed by atoms with Crippen molar-refractivity contribution in [3.8, 4) is 5.75 Å². The molecule has 1 rings (SSSR count). The first-order valence-electron chi connectivity index (χ1n) is 3.54. The van der Waals surface area contributed by atoms with E-state index in [-0.39, 0.29) is 0 Å². The van der Waals surface area contributed by atoms with Gasteiger partial charge in [0.2, 0.25) is 0 Å². The third-order valence-corrected chi connectivity index (χ3v) is 1.69. The average Bonchev–Trinajstić information content (AvgIpc) is 2.15. The van der Waals surface area contributed by atoms with Crippen LogP contribution in [0.15, 0.2) is 24.3 Å². The number of thioether (sulfide) groups is 1. The number of benzene rings is 1. The van der Waals surface area contributed by atoms with E-state index in [0.29, 0.717) is 11.5 Å². The number of ether oxygens (including phenoxy) is 1. The highest BCUT2D eigenvalue weighted by molar-refractivity contribution is 7.98. The van der Waals surface area contributed by atoms with Gasteiger partial charge in [-0.3, -0.25) is 4.79 Å². The predicted octanol–water partition coefficient (Wildman–Crippen LogP) is 2.20. The van der Waals surface area contributed by atoms with Crippen molar-refractivity contribution in [3.05, 3.63) is 29.8 Å². The van der Waals surface area contributed by atoms with Crippen LogP contribution in [-0.4, -0.2) is 18.5 Å². The first-order valence-corrected chi connectivity index (χ1v) is 4.93. The Bertz CT molecular complexity index is 260. The Morgan fingerprint density at radius 1 is 1.58 bits per heavy atom. The minimum Gasteiger partial charge on any atom is -0.483 e. The van der Waals surface area contributed by atoms with Crippen molar-refractivity contribution in [3.63, 3.8) is 0 Å². The molecule has 0 fully saturated rings. The van der Waals surface area contributed by atoms with Crippen LogP contribution in [0.3, 0.4) is 0 Å². The summed E-state index contributed by atoms with van der Waals surface area (Å²) in [5.41, 5.74) is 0.647. The molecule has 0 atom stereocenters. The van der Waals surface area contributed by atoms with Crippen LogP contribution in [0, 0.1) is 0 Å². The van der Waals surface area contributed by atoms with E-state index in [1.807, 2.05) is 12.3 Å². The molecule has 0 saturated heterocycles. The fourth-order valence-electron chi connectivity index (χ4n) is 0.805. The topological polar surface area (TPSA) is 26.3 Å². The Hall–Kier alpha value is -0.960. The fraction of sp³-hybridized carbons (Fsp3) is 0.222. The van der Waals surface area contributed by atoms with Crippen LogP contribution < -0.4 is 4.74 Å². The van der Waals surface area contributed by atoms with E-state index in [2.05, 4.69) is 0 Å². The lowest BCUT2D eigenvalue weighted by Crippen LogP contribution is -1.92. The molecule has 0 bridgehead atoms. The highest BCUT2D eigenvalue weighted by atomic mass is 32.2. The van der Waals surface area contributed by atoms with Gasteiger partial charge in [0.1, 0.15) is 18.0 Å². The zero-order valence-electron chi connectivity index (χ0n) is 6.82. The third-order valence-electron chi connectivity index (χ3n) is 1.34. The molecule has 0 amide bonds. The van der Waals surface area contributed by atoms with Crippen molar-refractivity contribution in [2.75, 3.05) is 12.2 Å². The van der Waals surface area contributed by atoms with Crippen LogP contribution in [0.1, 0.15) is 10.4 Å². The number of carbonyl (C=O) groups excluding carboxylic acids is 1. The van der Waals surface area contributed by atoms with Crippen LogP contribution in [0.25, 0.3) is 0 Å². The average molecular weight is 182 g/mol. The first kappa shape index (κ1) is 9.13. The van der Waals surface area contributed by atoms with Crippen LogP contribution in [0.4, 0.5) is 0 Å². The van der Waals surface area contributed by atoms with Gasteiger partial charge in [0.05, 0.1) is 0 Å². The van der Waals surface area contributed by atoms with Crippen LogP contribution in [0.5, 0.6) is 5.75 Å². The molecule has 64 valence electrons. The van der Waals surface area contributed by atoms with Gasteiger partial charge < -0.3 is 4.74 Å². The van der Waals surface area contributed by atoms with Crippen LogP contribution in [-0.2, 0) is 0 Å². The molecule has 12 heavy (non-hydrogen) atoms. The molecule has 0 aliphatic heterocycles. The van der Waals surface area contributed by atoms with Gasteiger partial charge in [-0.25, -0.2) is 0 Å². The summed E-state index contributed by atoms with van der Waals surface area (Å²) >= 11 is 1.60. The van der Waals surface area contributed by atoms with Gasteiger partial charge in [0.25, 0.3) is 0 Å². The highest BCUT2D eigenvalue weighted by Gasteiger charge is 1.93. The minimum atomic E-state index is 0.613. The Balaban J connectivity index is 2.66. The molecular weight excluding hydrogens is 172 g/mol. The van der Waals surface area contributed by atoms with E-state index >= 15 is 0 Å². The maximum atomic E-state index is 10.4. The van der Waals surface area contributed by atoms with Crippen LogP contribution in [0.2, 0.25) is 0 Å². The summed E-state index contributed by atoms with van der Waals surface area (Å²) < 4.78 is 5.30. The number of carbonyl (C=O) groups is 1. The minimum absolute atomic E-state index is 0.613. The molecule has 1 aromatic rings. The SMILES string of the molecule is CSCOc1cccc(C=O)c1. The van der Waals surface area contributed by atoms with Crippen molar-refractivity contribution >= 4 is 18.0 Å². The van der Waals surface area contributed by atoms with E-state index in [0.717, 1.165) is 12.0 Å². The lowest BCUT2D eigenvalue weighted by molar-refractivity contribution is 0.112. The monoisotopic (exact) mass is 182 g/mol. The van der Waals surface area contributed by atoms with E-state index in [1.165, 1.54) is 0 Å². The Labute approximate surface area is 75.9 Å². The molecule has 0 spiro atoms. The second-order valence-electron chi connectivity index (χ2n) is 2.24. The maximum Gasteiger partial charge on any atom is 0.150 e. The van der Waals surface area contributed by atoms with Crippen molar-refractivity contribution in [1.29, 1.82) is 0 Å². The van der Waals surface area contributed by atoms with E-state index < -0.39 is 0 Å². The van der Waals surface area contributed by atoms with Gasteiger partial charge in [-0.1, -0.05) is 12.1 Å². The van der Waals surface area contributed by atoms with Crippen LogP contribution >= 0.6 is 11.8 Å². The van der Waals surface area contributed by atoms with E-state index in [1.54, 1.807) is 30.0 Å². The van der Waals surface area contributed by atoms with Gasteiger partial charge >= 0.3 is 0 Å². The molecule has 0 N–H and O–H groups in total. The van der Waals surface area contributed by atoms with Crippen molar-refractivity contribution in [2.24, 2.45) is 0 Å². The van der Waals surface area contributed by atoms with Crippen molar-refractivity contribution in [1.82, 2.24) is 0 Å². The Morgan fingerprint density at radius 3 is 3.08 bits per heavy atom. The second-order valence-corrected chi connectivity index (χ2v) is 3.05. The molecule has 0 aliphatic carbocycles.